The number of pyridine rings is 1. The Morgan fingerprint density at radius 2 is 2.00 bits per heavy atom. The highest BCUT2D eigenvalue weighted by molar-refractivity contribution is 5.43. The molecule has 21 heavy (non-hydrogen) atoms. The van der Waals surface area contributed by atoms with Crippen molar-refractivity contribution in [2.24, 2.45) is 0 Å². The van der Waals surface area contributed by atoms with Crippen molar-refractivity contribution in [3.8, 4) is 11.9 Å². The van der Waals surface area contributed by atoms with Gasteiger partial charge in [0.2, 0.25) is 5.88 Å². The van der Waals surface area contributed by atoms with E-state index in [-0.39, 0.29) is 17.7 Å². The minimum Gasteiger partial charge on any atom is -0.478 e. The molecule has 0 aliphatic heterocycles. The standard InChI is InChI=1S/C15H13F2N3O/c1-2-21-15-4-3-11(8-20-15)19-9-12-13(16)5-10(7-18)6-14(12)17/h3-6,8,19H,2,9H2,1H3. The molecule has 0 fully saturated rings. The molecule has 0 atom stereocenters. The number of aromatic nitrogens is 1. The van der Waals surface area contributed by atoms with Crippen LogP contribution < -0.4 is 10.1 Å². The van der Waals surface area contributed by atoms with Gasteiger partial charge >= 0.3 is 0 Å². The van der Waals surface area contributed by atoms with Crippen LogP contribution in [0.15, 0.2) is 30.5 Å². The summed E-state index contributed by atoms with van der Waals surface area (Å²) in [6.07, 6.45) is 1.52. The highest BCUT2D eigenvalue weighted by Crippen LogP contribution is 2.18. The van der Waals surface area contributed by atoms with Crippen LogP contribution in [0, 0.1) is 23.0 Å². The third-order valence-corrected chi connectivity index (χ3v) is 2.77. The number of hydrogen-bond acceptors (Lipinski definition) is 4. The molecular formula is C15H13F2N3O. The lowest BCUT2D eigenvalue weighted by atomic mass is 10.1. The molecule has 1 heterocycles. The molecule has 0 amide bonds. The van der Waals surface area contributed by atoms with Crippen LogP contribution in [0.5, 0.6) is 5.88 Å². The molecule has 0 radical (unpaired) electrons. The molecule has 1 N–H and O–H groups in total. The fourth-order valence-electron chi connectivity index (χ4n) is 1.75. The summed E-state index contributed by atoms with van der Waals surface area (Å²) in [5.74, 6) is -1.02. The van der Waals surface area contributed by atoms with E-state index >= 15 is 0 Å². The molecule has 0 spiro atoms. The van der Waals surface area contributed by atoms with Crippen molar-refractivity contribution < 1.29 is 13.5 Å². The Morgan fingerprint density at radius 3 is 2.52 bits per heavy atom. The molecule has 0 saturated carbocycles. The van der Waals surface area contributed by atoms with Gasteiger partial charge in [-0.2, -0.15) is 5.26 Å². The van der Waals surface area contributed by atoms with E-state index in [4.69, 9.17) is 10.00 Å². The van der Waals surface area contributed by atoms with E-state index < -0.39 is 11.6 Å². The molecule has 0 aliphatic rings. The number of hydrogen-bond donors (Lipinski definition) is 1. The van der Waals surface area contributed by atoms with E-state index in [1.54, 1.807) is 18.2 Å². The summed E-state index contributed by atoms with van der Waals surface area (Å²) >= 11 is 0. The molecule has 1 aromatic carbocycles. The van der Waals surface area contributed by atoms with E-state index in [1.807, 2.05) is 6.92 Å². The average molecular weight is 289 g/mol. The van der Waals surface area contributed by atoms with Gasteiger partial charge in [0.1, 0.15) is 11.6 Å². The Hall–Kier alpha value is -2.68. The Morgan fingerprint density at radius 1 is 1.29 bits per heavy atom. The first-order valence-electron chi connectivity index (χ1n) is 6.34. The Labute approximate surface area is 121 Å². The quantitative estimate of drug-likeness (QED) is 0.918. The molecule has 6 heteroatoms. The van der Waals surface area contributed by atoms with Crippen LogP contribution in [-0.2, 0) is 6.54 Å². The Kier molecular flexibility index (Phi) is 4.67. The number of nitriles is 1. The van der Waals surface area contributed by atoms with Gasteiger partial charge in [0.05, 0.1) is 30.1 Å². The van der Waals surface area contributed by atoms with Crippen LogP contribution in [0.1, 0.15) is 18.1 Å². The van der Waals surface area contributed by atoms with E-state index in [2.05, 4.69) is 10.3 Å². The third-order valence-electron chi connectivity index (χ3n) is 2.77. The molecule has 0 aliphatic carbocycles. The van der Waals surface area contributed by atoms with Crippen molar-refractivity contribution in [2.75, 3.05) is 11.9 Å². The molecule has 0 bridgehead atoms. The molecule has 0 saturated heterocycles. The second kappa shape index (κ2) is 6.66. The number of halogens is 2. The fraction of sp³-hybridized carbons (Fsp3) is 0.200. The van der Waals surface area contributed by atoms with Gasteiger partial charge in [0.25, 0.3) is 0 Å². The predicted molar refractivity (Wildman–Crippen MR) is 73.8 cm³/mol. The minimum absolute atomic E-state index is 0.0426. The van der Waals surface area contributed by atoms with Gasteiger partial charge < -0.3 is 10.1 Å². The summed E-state index contributed by atoms with van der Waals surface area (Å²) in [7, 11) is 0. The number of benzene rings is 1. The zero-order chi connectivity index (χ0) is 15.2. The Bertz CT molecular complexity index is 643. The normalized spacial score (nSPS) is 10.0. The first-order valence-corrected chi connectivity index (χ1v) is 6.34. The minimum atomic E-state index is -0.752. The monoisotopic (exact) mass is 289 g/mol. The lowest BCUT2D eigenvalue weighted by Gasteiger charge is -2.09. The Balaban J connectivity index is 2.08. The smallest absolute Gasteiger partial charge is 0.213 e. The van der Waals surface area contributed by atoms with Crippen LogP contribution in [0.3, 0.4) is 0 Å². The summed E-state index contributed by atoms with van der Waals surface area (Å²) < 4.78 is 32.6. The highest BCUT2D eigenvalue weighted by Gasteiger charge is 2.11. The maximum atomic E-state index is 13.7. The van der Waals surface area contributed by atoms with Gasteiger partial charge in [-0.15, -0.1) is 0 Å². The van der Waals surface area contributed by atoms with Crippen molar-refractivity contribution in [3.63, 3.8) is 0 Å². The van der Waals surface area contributed by atoms with Crippen LogP contribution in [0.2, 0.25) is 0 Å². The molecule has 2 aromatic rings. The zero-order valence-corrected chi connectivity index (χ0v) is 11.4. The molecular weight excluding hydrogens is 276 g/mol. The third kappa shape index (κ3) is 3.66. The summed E-state index contributed by atoms with van der Waals surface area (Å²) in [5.41, 5.74) is 0.445. The lowest BCUT2D eigenvalue weighted by molar-refractivity contribution is 0.327. The van der Waals surface area contributed by atoms with Crippen molar-refractivity contribution in [2.45, 2.75) is 13.5 Å². The maximum absolute atomic E-state index is 13.7. The van der Waals surface area contributed by atoms with Gasteiger partial charge in [0.15, 0.2) is 0 Å². The molecule has 0 unspecified atom stereocenters. The number of ether oxygens (including phenoxy) is 1. The van der Waals surface area contributed by atoms with E-state index in [0.717, 1.165) is 12.1 Å². The number of nitrogens with one attached hydrogen (secondary N) is 1. The van der Waals surface area contributed by atoms with Gasteiger partial charge in [-0.1, -0.05) is 0 Å². The molecule has 1 aromatic heterocycles. The van der Waals surface area contributed by atoms with Gasteiger partial charge in [-0.05, 0) is 25.1 Å². The van der Waals surface area contributed by atoms with Gasteiger partial charge in [-0.25, -0.2) is 13.8 Å². The SMILES string of the molecule is CCOc1ccc(NCc2c(F)cc(C#N)cc2F)cn1. The van der Waals surface area contributed by atoms with Crippen molar-refractivity contribution in [1.82, 2.24) is 4.98 Å². The number of anilines is 1. The zero-order valence-electron chi connectivity index (χ0n) is 11.4. The summed E-state index contributed by atoms with van der Waals surface area (Å²) in [5, 5.41) is 11.5. The van der Waals surface area contributed by atoms with Crippen LogP contribution in [0.25, 0.3) is 0 Å². The van der Waals surface area contributed by atoms with E-state index in [1.165, 1.54) is 6.20 Å². The fourth-order valence-corrected chi connectivity index (χ4v) is 1.75. The highest BCUT2D eigenvalue weighted by atomic mass is 19.1. The first-order chi connectivity index (χ1) is 10.1. The largest absolute Gasteiger partial charge is 0.478 e. The predicted octanol–water partition coefficient (Wildman–Crippen LogP) is 3.24. The molecule has 2 rings (SSSR count). The van der Waals surface area contributed by atoms with Crippen molar-refractivity contribution in [1.29, 1.82) is 5.26 Å². The summed E-state index contributed by atoms with van der Waals surface area (Å²) in [4.78, 5) is 4.04. The van der Waals surface area contributed by atoms with Crippen LogP contribution in [-0.4, -0.2) is 11.6 Å². The van der Waals surface area contributed by atoms with E-state index in [0.29, 0.717) is 18.2 Å². The first kappa shape index (κ1) is 14.7. The molecule has 108 valence electrons. The topological polar surface area (TPSA) is 57.9 Å². The molecule has 4 nitrogen and oxygen atoms in total. The number of nitrogens with zero attached hydrogens (tertiary/aromatic N) is 2. The van der Waals surface area contributed by atoms with Crippen LogP contribution in [0.4, 0.5) is 14.5 Å². The lowest BCUT2D eigenvalue weighted by Crippen LogP contribution is -2.05. The second-order valence-electron chi connectivity index (χ2n) is 4.20. The van der Waals surface area contributed by atoms with Crippen molar-refractivity contribution in [3.05, 3.63) is 53.2 Å². The number of rotatable bonds is 5. The van der Waals surface area contributed by atoms with Gasteiger partial charge in [0, 0.05) is 18.2 Å². The second-order valence-corrected chi connectivity index (χ2v) is 4.20. The summed E-state index contributed by atoms with van der Waals surface area (Å²) in [6.45, 7) is 2.32. The summed E-state index contributed by atoms with van der Waals surface area (Å²) in [6, 6.07) is 7.09. The maximum Gasteiger partial charge on any atom is 0.213 e. The van der Waals surface area contributed by atoms with Gasteiger partial charge in [-0.3, -0.25) is 0 Å². The average Bonchev–Trinajstić information content (AvgIpc) is 2.48. The van der Waals surface area contributed by atoms with E-state index in [9.17, 15) is 8.78 Å². The van der Waals surface area contributed by atoms with Crippen molar-refractivity contribution >= 4 is 5.69 Å². The van der Waals surface area contributed by atoms with Crippen LogP contribution >= 0.6 is 0 Å².